The quantitative estimate of drug-likeness (QED) is 0.796. The van der Waals surface area contributed by atoms with Gasteiger partial charge in [-0.3, -0.25) is 4.79 Å². The van der Waals surface area contributed by atoms with Crippen LogP contribution >= 0.6 is 11.8 Å². The van der Waals surface area contributed by atoms with E-state index < -0.39 is 11.4 Å². The van der Waals surface area contributed by atoms with Gasteiger partial charge in [0.15, 0.2) is 5.43 Å². The van der Waals surface area contributed by atoms with Crippen molar-refractivity contribution in [2.45, 2.75) is 19.9 Å². The molecule has 0 fully saturated rings. The molecule has 16 heavy (non-hydrogen) atoms. The van der Waals surface area contributed by atoms with E-state index in [1.807, 2.05) is 17.7 Å². The van der Waals surface area contributed by atoms with Gasteiger partial charge in [0.05, 0.1) is 0 Å². The summed E-state index contributed by atoms with van der Waals surface area (Å²) >= 11 is 1.75. The van der Waals surface area contributed by atoms with Crippen molar-refractivity contribution in [1.82, 2.24) is 4.57 Å². The molecule has 1 rings (SSSR count). The number of rotatable bonds is 5. The van der Waals surface area contributed by atoms with Gasteiger partial charge in [-0.25, -0.2) is 4.79 Å². The number of thioether (sulfide) groups is 1. The van der Waals surface area contributed by atoms with Crippen LogP contribution in [0.1, 0.15) is 22.5 Å². The number of aryl methyl sites for hydroxylation is 2. The van der Waals surface area contributed by atoms with E-state index in [2.05, 4.69) is 0 Å². The molecule has 0 bridgehead atoms. The molecule has 88 valence electrons. The van der Waals surface area contributed by atoms with E-state index in [9.17, 15) is 9.59 Å². The van der Waals surface area contributed by atoms with Crippen molar-refractivity contribution in [3.05, 3.63) is 33.7 Å². The highest BCUT2D eigenvalue weighted by Crippen LogP contribution is 2.03. The maximum atomic E-state index is 11.4. The molecule has 1 heterocycles. The number of nitrogens with zero attached hydrogens (tertiary/aromatic N) is 1. The molecule has 0 aliphatic carbocycles. The lowest BCUT2D eigenvalue weighted by molar-refractivity contribution is 0.0694. The second-order valence-electron chi connectivity index (χ2n) is 3.54. The number of aromatic carboxylic acids is 1. The number of aromatic nitrogens is 1. The van der Waals surface area contributed by atoms with Crippen molar-refractivity contribution in [1.29, 1.82) is 0 Å². The number of carboxylic acid groups (broad SMARTS) is 1. The molecule has 1 aromatic heterocycles. The summed E-state index contributed by atoms with van der Waals surface area (Å²) in [6.07, 6.45) is 4.42. The minimum absolute atomic E-state index is 0.158. The van der Waals surface area contributed by atoms with Crippen LogP contribution in [0.2, 0.25) is 0 Å². The molecular formula is C11H15NO3S. The third-order valence-electron chi connectivity index (χ3n) is 2.32. The van der Waals surface area contributed by atoms with Crippen molar-refractivity contribution >= 4 is 17.7 Å². The van der Waals surface area contributed by atoms with Crippen LogP contribution in [-0.2, 0) is 6.54 Å². The third-order valence-corrected chi connectivity index (χ3v) is 3.02. The minimum atomic E-state index is -1.16. The van der Waals surface area contributed by atoms with Gasteiger partial charge in [-0.15, -0.1) is 0 Å². The Kier molecular flexibility index (Phi) is 4.61. The fourth-order valence-corrected chi connectivity index (χ4v) is 1.87. The zero-order valence-electron chi connectivity index (χ0n) is 9.40. The first kappa shape index (κ1) is 12.8. The van der Waals surface area contributed by atoms with E-state index >= 15 is 0 Å². The summed E-state index contributed by atoms with van der Waals surface area (Å²) in [4.78, 5) is 22.2. The molecule has 0 aliphatic rings. The summed E-state index contributed by atoms with van der Waals surface area (Å²) in [6.45, 7) is 2.55. The molecule has 1 aromatic rings. The lowest BCUT2D eigenvalue weighted by Gasteiger charge is -2.10. The minimum Gasteiger partial charge on any atom is -0.477 e. The van der Waals surface area contributed by atoms with Gasteiger partial charge >= 0.3 is 5.97 Å². The molecule has 0 radical (unpaired) electrons. The zero-order chi connectivity index (χ0) is 12.1. The van der Waals surface area contributed by atoms with E-state index in [-0.39, 0.29) is 5.56 Å². The maximum absolute atomic E-state index is 11.4. The molecule has 0 amide bonds. The third kappa shape index (κ3) is 3.13. The van der Waals surface area contributed by atoms with Crippen LogP contribution in [0.5, 0.6) is 0 Å². The van der Waals surface area contributed by atoms with Gasteiger partial charge in [0, 0.05) is 24.5 Å². The topological polar surface area (TPSA) is 59.3 Å². The molecule has 1 N–H and O–H groups in total. The molecule has 0 unspecified atom stereocenters. The summed E-state index contributed by atoms with van der Waals surface area (Å²) in [5.74, 6) is -0.142. The van der Waals surface area contributed by atoms with E-state index in [1.165, 1.54) is 12.3 Å². The standard InChI is InChI=1S/C11H15NO3S/c1-8-6-10(13)9(11(14)15)7-12(8)4-3-5-16-2/h6-7H,3-5H2,1-2H3,(H,14,15). The van der Waals surface area contributed by atoms with Crippen LogP contribution in [0.4, 0.5) is 0 Å². The highest BCUT2D eigenvalue weighted by molar-refractivity contribution is 7.98. The van der Waals surface area contributed by atoms with E-state index in [1.54, 1.807) is 11.8 Å². The van der Waals surface area contributed by atoms with E-state index in [4.69, 9.17) is 5.11 Å². The average molecular weight is 241 g/mol. The van der Waals surface area contributed by atoms with Gasteiger partial charge in [-0.2, -0.15) is 11.8 Å². The number of carboxylic acids is 1. The summed E-state index contributed by atoms with van der Waals surface area (Å²) in [6, 6.07) is 1.38. The predicted octanol–water partition coefficient (Wildman–Crippen LogP) is 1.61. The molecule has 0 saturated heterocycles. The van der Waals surface area contributed by atoms with E-state index in [0.717, 1.165) is 24.4 Å². The number of pyridine rings is 1. The van der Waals surface area contributed by atoms with Crippen molar-refractivity contribution < 1.29 is 9.90 Å². The molecule has 0 aliphatic heterocycles. The van der Waals surface area contributed by atoms with E-state index in [0.29, 0.717) is 0 Å². The monoisotopic (exact) mass is 241 g/mol. The Bertz CT molecular complexity index is 439. The highest BCUT2D eigenvalue weighted by atomic mass is 32.2. The second-order valence-corrected chi connectivity index (χ2v) is 4.52. The van der Waals surface area contributed by atoms with Gasteiger partial charge in [0.2, 0.25) is 0 Å². The van der Waals surface area contributed by atoms with Crippen molar-refractivity contribution in [3.63, 3.8) is 0 Å². The Morgan fingerprint density at radius 2 is 2.25 bits per heavy atom. The van der Waals surface area contributed by atoms with Gasteiger partial charge in [-0.1, -0.05) is 0 Å². The Labute approximate surface area is 98.3 Å². The first-order valence-electron chi connectivity index (χ1n) is 4.99. The van der Waals surface area contributed by atoms with Gasteiger partial charge in [-0.05, 0) is 25.4 Å². The van der Waals surface area contributed by atoms with Crippen LogP contribution in [0.15, 0.2) is 17.1 Å². The van der Waals surface area contributed by atoms with Crippen LogP contribution in [-0.4, -0.2) is 27.7 Å². The molecule has 0 atom stereocenters. The Balaban J connectivity index is 2.96. The summed E-state index contributed by atoms with van der Waals surface area (Å²) in [5, 5.41) is 8.84. The Hall–Kier alpha value is -1.23. The van der Waals surface area contributed by atoms with Crippen LogP contribution in [0.3, 0.4) is 0 Å². The fourth-order valence-electron chi connectivity index (χ4n) is 1.45. The second kappa shape index (κ2) is 5.75. The summed E-state index contributed by atoms with van der Waals surface area (Å²) < 4.78 is 1.82. The molecule has 0 spiro atoms. The Morgan fingerprint density at radius 3 is 2.81 bits per heavy atom. The van der Waals surface area contributed by atoms with Crippen LogP contribution in [0.25, 0.3) is 0 Å². The summed E-state index contributed by atoms with van der Waals surface area (Å²) in [5.41, 5.74) is 0.219. The van der Waals surface area contributed by atoms with Crippen LogP contribution in [0, 0.1) is 6.92 Å². The molecule has 4 nitrogen and oxygen atoms in total. The largest absolute Gasteiger partial charge is 0.477 e. The molecule has 5 heteroatoms. The SMILES string of the molecule is CSCCCn1cc(C(=O)O)c(=O)cc1C. The molecule has 0 aromatic carbocycles. The lowest BCUT2D eigenvalue weighted by atomic mass is 10.2. The van der Waals surface area contributed by atoms with Gasteiger partial charge < -0.3 is 9.67 Å². The molecule has 0 saturated carbocycles. The number of carbonyl (C=O) groups is 1. The fraction of sp³-hybridized carbons (Fsp3) is 0.455. The average Bonchev–Trinajstić information content (AvgIpc) is 2.21. The number of hydrogen-bond donors (Lipinski definition) is 1. The Morgan fingerprint density at radius 1 is 1.56 bits per heavy atom. The predicted molar refractivity (Wildman–Crippen MR) is 65.4 cm³/mol. The van der Waals surface area contributed by atoms with Crippen molar-refractivity contribution in [2.75, 3.05) is 12.0 Å². The number of hydrogen-bond acceptors (Lipinski definition) is 3. The highest BCUT2D eigenvalue weighted by Gasteiger charge is 2.10. The smallest absolute Gasteiger partial charge is 0.341 e. The first-order chi connectivity index (χ1) is 7.56. The van der Waals surface area contributed by atoms with Crippen molar-refractivity contribution in [2.24, 2.45) is 0 Å². The maximum Gasteiger partial charge on any atom is 0.341 e. The summed E-state index contributed by atoms with van der Waals surface area (Å²) in [7, 11) is 0. The van der Waals surface area contributed by atoms with Gasteiger partial charge in [0.1, 0.15) is 5.56 Å². The van der Waals surface area contributed by atoms with Crippen LogP contribution < -0.4 is 5.43 Å². The first-order valence-corrected chi connectivity index (χ1v) is 6.39. The normalized spacial score (nSPS) is 10.4. The van der Waals surface area contributed by atoms with Gasteiger partial charge in [0.25, 0.3) is 0 Å². The lowest BCUT2D eigenvalue weighted by Crippen LogP contribution is -2.19. The molecular weight excluding hydrogens is 226 g/mol. The van der Waals surface area contributed by atoms with Crippen molar-refractivity contribution in [3.8, 4) is 0 Å². The zero-order valence-corrected chi connectivity index (χ0v) is 10.2.